The van der Waals surface area contributed by atoms with Gasteiger partial charge in [-0.25, -0.2) is 5.43 Å². The van der Waals surface area contributed by atoms with Gasteiger partial charge in [-0.3, -0.25) is 4.79 Å². The van der Waals surface area contributed by atoms with Crippen molar-refractivity contribution in [2.45, 2.75) is 11.5 Å². The molecule has 0 spiro atoms. The smallest absolute Gasteiger partial charge is 0.277 e. The monoisotopic (exact) mass is 418 g/mol. The summed E-state index contributed by atoms with van der Waals surface area (Å²) in [6.45, 7) is 2.14. The Morgan fingerprint density at radius 1 is 1.21 bits per heavy atom. The predicted molar refractivity (Wildman–Crippen MR) is 115 cm³/mol. The minimum absolute atomic E-state index is 0.0164. The van der Waals surface area contributed by atoms with Crippen molar-refractivity contribution in [3.05, 3.63) is 53.6 Å². The van der Waals surface area contributed by atoms with Crippen LogP contribution in [0.5, 0.6) is 17.2 Å². The number of benzene rings is 2. The van der Waals surface area contributed by atoms with Gasteiger partial charge in [-0.15, -0.1) is 23.5 Å². The molecule has 0 unspecified atom stereocenters. The van der Waals surface area contributed by atoms with E-state index in [2.05, 4.69) is 10.5 Å². The number of para-hydroxylation sites is 1. The topological polar surface area (TPSA) is 80.2 Å². The van der Waals surface area contributed by atoms with E-state index in [4.69, 9.17) is 9.47 Å². The van der Waals surface area contributed by atoms with Crippen LogP contribution in [0.25, 0.3) is 0 Å². The van der Waals surface area contributed by atoms with Gasteiger partial charge in [0.25, 0.3) is 5.91 Å². The predicted octanol–water partition coefficient (Wildman–Crippen LogP) is 3.80. The number of nitrogens with one attached hydrogen (secondary N) is 1. The van der Waals surface area contributed by atoms with E-state index >= 15 is 0 Å². The zero-order valence-electron chi connectivity index (χ0n) is 15.5. The average Bonchev–Trinajstić information content (AvgIpc) is 3.24. The number of hydrazone groups is 1. The first-order chi connectivity index (χ1) is 13.7. The molecule has 6 nitrogen and oxygen atoms in total. The lowest BCUT2D eigenvalue weighted by molar-refractivity contribution is -0.123. The van der Waals surface area contributed by atoms with Crippen LogP contribution in [0, 0.1) is 0 Å². The van der Waals surface area contributed by atoms with E-state index in [1.165, 1.54) is 23.3 Å². The number of thioether (sulfide) groups is 2. The van der Waals surface area contributed by atoms with E-state index in [9.17, 15) is 9.90 Å². The van der Waals surface area contributed by atoms with Crippen molar-refractivity contribution in [2.75, 3.05) is 24.7 Å². The quantitative estimate of drug-likeness (QED) is 0.501. The maximum atomic E-state index is 11.9. The molecule has 0 bridgehead atoms. The van der Waals surface area contributed by atoms with E-state index < -0.39 is 0 Å². The SMILES string of the molecule is CCOc1cccc(/C=N\NC(=O)COc2ccc(C3SCCS3)cc2)c1O. The summed E-state index contributed by atoms with van der Waals surface area (Å²) >= 11 is 3.90. The molecule has 0 saturated carbocycles. The zero-order valence-corrected chi connectivity index (χ0v) is 17.1. The first-order valence-electron chi connectivity index (χ1n) is 8.90. The molecule has 1 aliphatic rings. The number of ether oxygens (including phenoxy) is 2. The van der Waals surface area contributed by atoms with E-state index in [0.29, 0.717) is 28.3 Å². The van der Waals surface area contributed by atoms with Gasteiger partial charge in [0.05, 0.1) is 17.4 Å². The van der Waals surface area contributed by atoms with Gasteiger partial charge < -0.3 is 14.6 Å². The number of phenolic OH excluding ortho intramolecular Hbond substituents is 1. The van der Waals surface area contributed by atoms with Gasteiger partial charge in [0.1, 0.15) is 5.75 Å². The minimum Gasteiger partial charge on any atom is -0.504 e. The van der Waals surface area contributed by atoms with Crippen LogP contribution in [-0.2, 0) is 4.79 Å². The highest BCUT2D eigenvalue weighted by atomic mass is 32.2. The molecular weight excluding hydrogens is 396 g/mol. The summed E-state index contributed by atoms with van der Waals surface area (Å²) in [7, 11) is 0. The third kappa shape index (κ3) is 5.59. The molecule has 8 heteroatoms. The normalized spacial score (nSPS) is 14.3. The molecule has 1 saturated heterocycles. The Kier molecular flexibility index (Phi) is 7.50. The van der Waals surface area contributed by atoms with Gasteiger partial charge >= 0.3 is 0 Å². The first kappa shape index (κ1) is 20.4. The van der Waals surface area contributed by atoms with Gasteiger partial charge in [0, 0.05) is 17.1 Å². The Labute approximate surface area is 172 Å². The standard InChI is InChI=1S/C20H22N2O4S2/c1-2-25-17-5-3-4-15(19(17)24)12-21-22-18(23)13-26-16-8-6-14(7-9-16)20-27-10-11-28-20/h3-9,12,20,24H,2,10-11,13H2,1H3,(H,22,23)/b21-12-. The molecule has 0 radical (unpaired) electrons. The largest absolute Gasteiger partial charge is 0.504 e. The van der Waals surface area contributed by atoms with Crippen molar-refractivity contribution < 1.29 is 19.4 Å². The fraction of sp³-hybridized carbons (Fsp3) is 0.300. The molecule has 1 amide bonds. The number of amides is 1. The molecule has 28 heavy (non-hydrogen) atoms. The molecule has 0 aliphatic carbocycles. The summed E-state index contributed by atoms with van der Waals surface area (Å²) in [5, 5.41) is 13.9. The lowest BCUT2D eigenvalue weighted by Crippen LogP contribution is -2.24. The number of aromatic hydroxyl groups is 1. The van der Waals surface area contributed by atoms with Crippen molar-refractivity contribution >= 4 is 35.6 Å². The number of hydrogen-bond acceptors (Lipinski definition) is 7. The lowest BCUT2D eigenvalue weighted by Gasteiger charge is -2.10. The summed E-state index contributed by atoms with van der Waals surface area (Å²) in [4.78, 5) is 11.9. The molecule has 148 valence electrons. The maximum absolute atomic E-state index is 11.9. The van der Waals surface area contributed by atoms with E-state index in [0.717, 1.165) is 0 Å². The third-order valence-corrected chi connectivity index (χ3v) is 6.97. The molecule has 1 fully saturated rings. The minimum atomic E-state index is -0.386. The van der Waals surface area contributed by atoms with Gasteiger partial charge in [0.15, 0.2) is 18.1 Å². The first-order valence-corrected chi connectivity index (χ1v) is 11.0. The number of nitrogens with zero attached hydrogens (tertiary/aromatic N) is 1. The molecule has 2 N–H and O–H groups in total. The van der Waals surface area contributed by atoms with Crippen LogP contribution < -0.4 is 14.9 Å². The van der Waals surface area contributed by atoms with E-state index in [-0.39, 0.29) is 18.3 Å². The van der Waals surface area contributed by atoms with Crippen molar-refractivity contribution in [1.82, 2.24) is 5.43 Å². The van der Waals surface area contributed by atoms with E-state index in [1.54, 1.807) is 18.2 Å². The maximum Gasteiger partial charge on any atom is 0.277 e. The molecule has 3 rings (SSSR count). The Morgan fingerprint density at radius 3 is 2.68 bits per heavy atom. The molecule has 1 heterocycles. The van der Waals surface area contributed by atoms with Crippen LogP contribution in [0.2, 0.25) is 0 Å². The Hall–Kier alpha value is -2.32. The second-order valence-corrected chi connectivity index (χ2v) is 8.58. The highest BCUT2D eigenvalue weighted by molar-refractivity contribution is 8.19. The van der Waals surface area contributed by atoms with Crippen molar-refractivity contribution in [2.24, 2.45) is 5.10 Å². The Balaban J connectivity index is 1.47. The van der Waals surface area contributed by atoms with E-state index in [1.807, 2.05) is 54.7 Å². The highest BCUT2D eigenvalue weighted by Crippen LogP contribution is 2.45. The van der Waals surface area contributed by atoms with Gasteiger partial charge in [-0.05, 0) is 36.8 Å². The summed E-state index contributed by atoms with van der Waals surface area (Å²) in [6, 6.07) is 12.9. The number of hydrogen-bond donors (Lipinski definition) is 2. The van der Waals surface area contributed by atoms with Crippen LogP contribution in [0.4, 0.5) is 0 Å². The van der Waals surface area contributed by atoms with Crippen LogP contribution in [-0.4, -0.2) is 41.9 Å². The van der Waals surface area contributed by atoms with Crippen molar-refractivity contribution in [3.8, 4) is 17.2 Å². The van der Waals surface area contributed by atoms with Gasteiger partial charge in [0.2, 0.25) is 0 Å². The number of phenols is 1. The second kappa shape index (κ2) is 10.3. The number of rotatable bonds is 8. The number of carbonyl (C=O) groups is 1. The zero-order chi connectivity index (χ0) is 19.8. The summed E-state index contributed by atoms with van der Waals surface area (Å²) in [5.41, 5.74) is 4.10. The van der Waals surface area contributed by atoms with Gasteiger partial charge in [-0.1, -0.05) is 18.2 Å². The van der Waals surface area contributed by atoms with Crippen molar-refractivity contribution in [3.63, 3.8) is 0 Å². The molecule has 0 atom stereocenters. The third-order valence-electron chi connectivity index (χ3n) is 3.87. The number of carbonyl (C=O) groups excluding carboxylic acids is 1. The summed E-state index contributed by atoms with van der Waals surface area (Å²) < 4.78 is 11.3. The Morgan fingerprint density at radius 2 is 1.96 bits per heavy atom. The lowest BCUT2D eigenvalue weighted by atomic mass is 10.2. The fourth-order valence-corrected chi connectivity index (χ4v) is 5.40. The highest BCUT2D eigenvalue weighted by Gasteiger charge is 2.18. The summed E-state index contributed by atoms with van der Waals surface area (Å²) in [5.74, 6) is 2.97. The second-order valence-electron chi connectivity index (χ2n) is 5.85. The van der Waals surface area contributed by atoms with Crippen LogP contribution in [0.3, 0.4) is 0 Å². The molecule has 0 aromatic heterocycles. The van der Waals surface area contributed by atoms with Crippen LogP contribution >= 0.6 is 23.5 Å². The summed E-state index contributed by atoms with van der Waals surface area (Å²) in [6.07, 6.45) is 1.36. The average molecular weight is 419 g/mol. The van der Waals surface area contributed by atoms with Gasteiger partial charge in [-0.2, -0.15) is 5.10 Å². The van der Waals surface area contributed by atoms with Crippen LogP contribution in [0.15, 0.2) is 47.6 Å². The van der Waals surface area contributed by atoms with Crippen LogP contribution in [0.1, 0.15) is 22.6 Å². The molecule has 2 aromatic rings. The fourth-order valence-electron chi connectivity index (χ4n) is 2.54. The van der Waals surface area contributed by atoms with Crippen molar-refractivity contribution in [1.29, 1.82) is 0 Å². The molecular formula is C20H22N2O4S2. The molecule has 1 aliphatic heterocycles. The molecule has 2 aromatic carbocycles. The Bertz CT molecular complexity index is 821.